The first-order valence-electron chi connectivity index (χ1n) is 15.8. The van der Waals surface area contributed by atoms with Crippen LogP contribution in [-0.4, -0.2) is 9.13 Å². The highest BCUT2D eigenvalue weighted by atomic mass is 16.3. The standard InChI is InChI=1S/C42H26N2O/c1-2-10-29(11-3-1)43-37-15-7-4-12-31(37)34-24-27(18-21-39(34)43)28-19-22-40-35(25-28)32-13-5-8-16-38(32)44(40)30-20-23-42-36(26-30)33-14-6-9-17-41(33)45-42/h1-26H/i23D. The number of furan rings is 1. The van der Waals surface area contributed by atoms with E-state index in [-0.39, 0.29) is 0 Å². The Bertz CT molecular complexity index is 2820. The number of hydrogen-bond donors (Lipinski definition) is 0. The quantitative estimate of drug-likeness (QED) is 0.205. The molecule has 210 valence electrons. The van der Waals surface area contributed by atoms with Crippen LogP contribution in [0.25, 0.3) is 88.1 Å². The predicted molar refractivity (Wildman–Crippen MR) is 188 cm³/mol. The minimum Gasteiger partial charge on any atom is -0.456 e. The topological polar surface area (TPSA) is 23.0 Å². The molecular weight excluding hydrogens is 548 g/mol. The normalized spacial score (nSPS) is 12.3. The van der Waals surface area contributed by atoms with Crippen molar-refractivity contribution >= 4 is 65.6 Å². The molecule has 0 fully saturated rings. The third-order valence-electron chi connectivity index (χ3n) is 9.23. The van der Waals surface area contributed by atoms with Gasteiger partial charge in [-0.15, -0.1) is 0 Å². The van der Waals surface area contributed by atoms with E-state index < -0.39 is 0 Å². The summed E-state index contributed by atoms with van der Waals surface area (Å²) in [5.74, 6) is 0. The predicted octanol–water partition coefficient (Wildman–Crippen LogP) is 11.4. The van der Waals surface area contributed by atoms with Gasteiger partial charge in [0.2, 0.25) is 0 Å². The van der Waals surface area contributed by atoms with Gasteiger partial charge in [-0.25, -0.2) is 0 Å². The summed E-state index contributed by atoms with van der Waals surface area (Å²) in [5.41, 5.74) is 10.5. The lowest BCUT2D eigenvalue weighted by Crippen LogP contribution is -1.93. The van der Waals surface area contributed by atoms with Crippen molar-refractivity contribution in [1.29, 1.82) is 0 Å². The van der Waals surface area contributed by atoms with Crippen molar-refractivity contribution in [2.75, 3.05) is 0 Å². The molecule has 7 aromatic carbocycles. The van der Waals surface area contributed by atoms with Gasteiger partial charge < -0.3 is 13.6 Å². The number of aromatic nitrogens is 2. The fourth-order valence-corrected chi connectivity index (χ4v) is 7.21. The summed E-state index contributed by atoms with van der Waals surface area (Å²) in [6.07, 6.45) is 0. The molecule has 3 heterocycles. The molecule has 0 bridgehead atoms. The van der Waals surface area contributed by atoms with E-state index in [0.29, 0.717) is 11.6 Å². The van der Waals surface area contributed by atoms with Gasteiger partial charge in [0, 0.05) is 43.7 Å². The van der Waals surface area contributed by atoms with Crippen molar-refractivity contribution in [2.24, 2.45) is 0 Å². The fraction of sp³-hybridized carbons (Fsp3) is 0. The summed E-state index contributed by atoms with van der Waals surface area (Å²) in [6, 6.07) is 53.9. The van der Waals surface area contributed by atoms with Crippen LogP contribution >= 0.6 is 0 Å². The summed E-state index contributed by atoms with van der Waals surface area (Å²) >= 11 is 0. The Morgan fingerprint density at radius 1 is 0.378 bits per heavy atom. The number of rotatable bonds is 3. The van der Waals surface area contributed by atoms with E-state index in [9.17, 15) is 0 Å². The SMILES string of the molecule is [2H]c1cc(-n2c3ccccc3c3cc(-c4ccc5c(c4)c4ccccc4n5-c4ccccc4)ccc32)cc2c1oc1ccccc12. The lowest BCUT2D eigenvalue weighted by molar-refractivity contribution is 0.669. The van der Waals surface area contributed by atoms with Crippen LogP contribution in [0.1, 0.15) is 1.37 Å². The van der Waals surface area contributed by atoms with Crippen molar-refractivity contribution < 1.29 is 5.79 Å². The van der Waals surface area contributed by atoms with E-state index in [0.717, 1.165) is 38.8 Å². The van der Waals surface area contributed by atoms with Gasteiger partial charge in [0.15, 0.2) is 0 Å². The molecule has 0 amide bonds. The third-order valence-corrected chi connectivity index (χ3v) is 9.23. The third kappa shape index (κ3) is 3.52. The smallest absolute Gasteiger partial charge is 0.135 e. The van der Waals surface area contributed by atoms with Gasteiger partial charge in [0.05, 0.1) is 23.4 Å². The van der Waals surface area contributed by atoms with Crippen LogP contribution in [0.4, 0.5) is 0 Å². The molecule has 3 heteroatoms. The zero-order chi connectivity index (χ0) is 30.4. The molecule has 0 aliphatic carbocycles. The number of benzene rings is 7. The summed E-state index contributed by atoms with van der Waals surface area (Å²) in [5, 5.41) is 6.84. The molecule has 0 saturated heterocycles. The minimum atomic E-state index is 0.384. The van der Waals surface area contributed by atoms with Gasteiger partial charge in [-0.3, -0.25) is 0 Å². The lowest BCUT2D eigenvalue weighted by Gasteiger charge is -2.09. The van der Waals surface area contributed by atoms with Crippen molar-refractivity contribution in [1.82, 2.24) is 9.13 Å². The first kappa shape index (κ1) is 23.4. The van der Waals surface area contributed by atoms with E-state index in [1.54, 1.807) is 0 Å². The monoisotopic (exact) mass is 575 g/mol. The molecular formula is C42H26N2O. The van der Waals surface area contributed by atoms with Gasteiger partial charge >= 0.3 is 0 Å². The van der Waals surface area contributed by atoms with E-state index in [2.05, 4.69) is 137 Å². The van der Waals surface area contributed by atoms with E-state index in [4.69, 9.17) is 5.79 Å². The summed E-state index contributed by atoms with van der Waals surface area (Å²) < 4.78 is 19.6. The number of nitrogens with zero attached hydrogens (tertiary/aromatic N) is 2. The number of para-hydroxylation sites is 4. The first-order valence-corrected chi connectivity index (χ1v) is 15.3. The van der Waals surface area contributed by atoms with Gasteiger partial charge in [-0.05, 0) is 83.9 Å². The molecule has 0 atom stereocenters. The highest BCUT2D eigenvalue weighted by molar-refractivity contribution is 6.13. The number of fused-ring (bicyclic) bond motifs is 9. The maximum Gasteiger partial charge on any atom is 0.135 e. The Hall–Kier alpha value is -6.06. The molecule has 45 heavy (non-hydrogen) atoms. The zero-order valence-corrected chi connectivity index (χ0v) is 24.2. The largest absolute Gasteiger partial charge is 0.456 e. The maximum absolute atomic E-state index is 8.87. The van der Waals surface area contributed by atoms with Crippen LogP contribution in [-0.2, 0) is 0 Å². The molecule has 0 N–H and O–H groups in total. The van der Waals surface area contributed by atoms with E-state index in [1.807, 2.05) is 24.3 Å². The second-order valence-electron chi connectivity index (χ2n) is 11.7. The Morgan fingerprint density at radius 3 is 1.58 bits per heavy atom. The van der Waals surface area contributed by atoms with Gasteiger partial charge in [-0.1, -0.05) is 84.9 Å². The molecule has 0 aliphatic rings. The van der Waals surface area contributed by atoms with E-state index >= 15 is 0 Å². The Morgan fingerprint density at radius 2 is 0.911 bits per heavy atom. The lowest BCUT2D eigenvalue weighted by atomic mass is 10.0. The molecule has 0 saturated carbocycles. The average Bonchev–Trinajstić information content (AvgIpc) is 3.76. The maximum atomic E-state index is 8.87. The van der Waals surface area contributed by atoms with Gasteiger partial charge in [0.25, 0.3) is 0 Å². The molecule has 10 rings (SSSR count). The van der Waals surface area contributed by atoms with Crippen molar-refractivity contribution in [2.45, 2.75) is 0 Å². The molecule has 0 spiro atoms. The second kappa shape index (κ2) is 9.22. The molecule has 3 nitrogen and oxygen atoms in total. The summed E-state index contributed by atoms with van der Waals surface area (Å²) in [6.45, 7) is 0. The van der Waals surface area contributed by atoms with Crippen molar-refractivity contribution in [3.05, 3.63) is 158 Å². The Labute approximate surface area is 260 Å². The van der Waals surface area contributed by atoms with Crippen LogP contribution in [0.2, 0.25) is 0 Å². The Kier molecular flexibility index (Phi) is 4.79. The van der Waals surface area contributed by atoms with Crippen LogP contribution in [0.15, 0.2) is 162 Å². The minimum absolute atomic E-state index is 0.384. The molecule has 3 aromatic heterocycles. The molecule has 0 aliphatic heterocycles. The van der Waals surface area contributed by atoms with Gasteiger partial charge in [-0.2, -0.15) is 0 Å². The first-order chi connectivity index (χ1) is 22.7. The van der Waals surface area contributed by atoms with Crippen molar-refractivity contribution in [3.8, 4) is 22.5 Å². The Balaban J connectivity index is 1.19. The molecule has 10 aromatic rings. The molecule has 0 radical (unpaired) electrons. The van der Waals surface area contributed by atoms with Crippen LogP contribution < -0.4 is 0 Å². The van der Waals surface area contributed by atoms with Gasteiger partial charge in [0.1, 0.15) is 11.2 Å². The summed E-state index contributed by atoms with van der Waals surface area (Å²) in [4.78, 5) is 0. The van der Waals surface area contributed by atoms with E-state index in [1.165, 1.54) is 43.7 Å². The van der Waals surface area contributed by atoms with Crippen LogP contribution in [0.5, 0.6) is 0 Å². The fourth-order valence-electron chi connectivity index (χ4n) is 7.21. The summed E-state index contributed by atoms with van der Waals surface area (Å²) in [7, 11) is 0. The number of hydrogen-bond acceptors (Lipinski definition) is 1. The highest BCUT2D eigenvalue weighted by Gasteiger charge is 2.17. The highest BCUT2D eigenvalue weighted by Crippen LogP contribution is 2.39. The average molecular weight is 576 g/mol. The second-order valence-corrected chi connectivity index (χ2v) is 11.7. The van der Waals surface area contributed by atoms with Crippen molar-refractivity contribution in [3.63, 3.8) is 0 Å². The zero-order valence-electron chi connectivity index (χ0n) is 25.2. The van der Waals surface area contributed by atoms with Crippen LogP contribution in [0, 0.1) is 0 Å². The van der Waals surface area contributed by atoms with Crippen LogP contribution in [0.3, 0.4) is 0 Å². The molecule has 0 unspecified atom stereocenters.